The van der Waals surface area contributed by atoms with E-state index in [1.807, 2.05) is 11.9 Å². The van der Waals surface area contributed by atoms with Crippen LogP contribution in [0.15, 0.2) is 24.3 Å². The third-order valence-corrected chi connectivity index (χ3v) is 5.42. The Labute approximate surface area is 160 Å². The molecule has 1 fully saturated rings. The Hall–Kier alpha value is -1.60. The number of pyridine rings is 1. The van der Waals surface area contributed by atoms with Crippen molar-refractivity contribution in [1.82, 2.24) is 9.88 Å². The van der Waals surface area contributed by atoms with Crippen LogP contribution in [0.25, 0.3) is 10.8 Å². The largest absolute Gasteiger partial charge is 0.399 e. The topological polar surface area (TPSA) is 28.2 Å². The average molecular weight is 404 g/mol. The van der Waals surface area contributed by atoms with Crippen molar-refractivity contribution >= 4 is 28.1 Å². The minimum Gasteiger partial charge on any atom is -0.379 e. The molecule has 0 saturated carbocycles. The van der Waals surface area contributed by atoms with Crippen LogP contribution < -0.4 is 5.32 Å². The second-order valence-electron chi connectivity index (χ2n) is 7.63. The van der Waals surface area contributed by atoms with Crippen molar-refractivity contribution in [2.75, 3.05) is 25.5 Å². The fraction of sp³-hybridized carbons (Fsp3) is 0.526. The highest BCUT2D eigenvalue weighted by Crippen LogP contribution is 2.43. The van der Waals surface area contributed by atoms with E-state index in [0.717, 1.165) is 20.4 Å². The van der Waals surface area contributed by atoms with Gasteiger partial charge in [0.2, 0.25) is 0 Å². The molecule has 1 N–H and O–H groups in total. The molecule has 1 aromatic carbocycles. The van der Waals surface area contributed by atoms with Crippen molar-refractivity contribution in [3.05, 3.63) is 35.1 Å². The molecule has 0 amide bonds. The van der Waals surface area contributed by atoms with Gasteiger partial charge in [-0.25, -0.2) is 9.37 Å². The molecule has 0 bridgehead atoms. The van der Waals surface area contributed by atoms with Crippen LogP contribution in [0.1, 0.15) is 26.0 Å². The Morgan fingerprint density at radius 3 is 2.56 bits per heavy atom. The third kappa shape index (κ3) is 3.85. The van der Waals surface area contributed by atoms with Crippen LogP contribution in [0.2, 0.25) is 5.15 Å². The molecule has 0 aliphatic carbocycles. The van der Waals surface area contributed by atoms with Gasteiger partial charge in [-0.05, 0) is 39.4 Å². The first kappa shape index (κ1) is 20.1. The van der Waals surface area contributed by atoms with Gasteiger partial charge in [0.15, 0.2) is 0 Å². The van der Waals surface area contributed by atoms with Gasteiger partial charge in [0.05, 0.1) is 11.7 Å². The van der Waals surface area contributed by atoms with Crippen molar-refractivity contribution in [3.63, 3.8) is 0 Å². The zero-order valence-corrected chi connectivity index (χ0v) is 16.1. The summed E-state index contributed by atoms with van der Waals surface area (Å²) in [7, 11) is 1.86. The summed E-state index contributed by atoms with van der Waals surface area (Å²) in [5.74, 6) is 0. The summed E-state index contributed by atoms with van der Waals surface area (Å²) in [6.07, 6.45) is -4.95. The minimum atomic E-state index is -4.49. The first-order valence-corrected chi connectivity index (χ1v) is 9.14. The molecule has 2 unspecified atom stereocenters. The summed E-state index contributed by atoms with van der Waals surface area (Å²) in [6.45, 7) is 3.23. The predicted molar refractivity (Wildman–Crippen MR) is 100 cm³/mol. The lowest BCUT2D eigenvalue weighted by Gasteiger charge is -2.34. The number of benzene rings is 1. The van der Waals surface area contributed by atoms with Gasteiger partial charge in [-0.2, -0.15) is 13.2 Å². The summed E-state index contributed by atoms with van der Waals surface area (Å²) in [4.78, 5) is 5.90. The molecule has 1 saturated heterocycles. The molecule has 8 heteroatoms. The lowest BCUT2D eigenvalue weighted by molar-refractivity contribution is -0.180. The molecule has 1 aromatic heterocycles. The van der Waals surface area contributed by atoms with E-state index in [-0.39, 0.29) is 10.8 Å². The zero-order valence-electron chi connectivity index (χ0n) is 15.4. The fourth-order valence-electron chi connectivity index (χ4n) is 3.40. The number of alkyl halides is 4. The molecule has 2 heterocycles. The third-order valence-electron chi connectivity index (χ3n) is 5.23. The number of hydrogen-bond acceptors (Lipinski definition) is 3. The lowest BCUT2D eigenvalue weighted by atomic mass is 9.85. The van der Waals surface area contributed by atoms with Crippen LogP contribution in [0, 0.1) is 0 Å². The highest BCUT2D eigenvalue weighted by atomic mass is 35.5. The Morgan fingerprint density at radius 2 is 1.93 bits per heavy atom. The normalized spacial score (nSPS) is 22.2. The summed E-state index contributed by atoms with van der Waals surface area (Å²) >= 11 is 6.06. The zero-order chi connectivity index (χ0) is 20.0. The van der Waals surface area contributed by atoms with E-state index in [0.29, 0.717) is 29.4 Å². The number of halogens is 5. The number of anilines is 1. The predicted octanol–water partition coefficient (Wildman–Crippen LogP) is 5.18. The monoisotopic (exact) mass is 403 g/mol. The molecule has 1 aliphatic heterocycles. The molecular weight excluding hydrogens is 382 g/mol. The molecule has 27 heavy (non-hydrogen) atoms. The van der Waals surface area contributed by atoms with Gasteiger partial charge in [0, 0.05) is 29.5 Å². The van der Waals surface area contributed by atoms with Gasteiger partial charge in [-0.15, -0.1) is 0 Å². The van der Waals surface area contributed by atoms with E-state index in [2.05, 4.69) is 10.3 Å². The van der Waals surface area contributed by atoms with E-state index < -0.39 is 23.8 Å². The van der Waals surface area contributed by atoms with Crippen LogP contribution >= 0.6 is 11.6 Å². The summed E-state index contributed by atoms with van der Waals surface area (Å²) < 4.78 is 55.2. The molecule has 0 radical (unpaired) electrons. The maximum absolute atomic E-state index is 14.4. The second-order valence-corrected chi connectivity index (χ2v) is 8.02. The number of nitrogens with zero attached hydrogens (tertiary/aromatic N) is 2. The number of piperidine rings is 1. The summed E-state index contributed by atoms with van der Waals surface area (Å²) in [5.41, 5.74) is -1.75. The van der Waals surface area contributed by atoms with Gasteiger partial charge in [-0.1, -0.05) is 23.7 Å². The summed E-state index contributed by atoms with van der Waals surface area (Å²) in [5, 5.41) is 4.01. The highest BCUT2D eigenvalue weighted by Gasteiger charge is 2.50. The van der Waals surface area contributed by atoms with Crippen molar-refractivity contribution in [2.45, 2.75) is 44.1 Å². The van der Waals surface area contributed by atoms with Crippen LogP contribution in [0.3, 0.4) is 0 Å². The molecule has 3 rings (SSSR count). The Kier molecular flexibility index (Phi) is 5.29. The average Bonchev–Trinajstić information content (AvgIpc) is 2.56. The van der Waals surface area contributed by atoms with Crippen LogP contribution in [-0.2, 0) is 5.41 Å². The van der Waals surface area contributed by atoms with Gasteiger partial charge in [0.1, 0.15) is 16.7 Å². The van der Waals surface area contributed by atoms with Gasteiger partial charge in [-0.3, -0.25) is 0 Å². The number of fused-ring (bicyclic) bond motifs is 1. The first-order chi connectivity index (χ1) is 12.5. The second kappa shape index (κ2) is 7.09. The lowest BCUT2D eigenvalue weighted by Crippen LogP contribution is -2.46. The first-order valence-electron chi connectivity index (χ1n) is 8.76. The highest BCUT2D eigenvalue weighted by molar-refractivity contribution is 6.30. The maximum atomic E-state index is 14.4. The Balaban J connectivity index is 2.07. The quantitative estimate of drug-likeness (QED) is 0.565. The molecule has 2 aromatic rings. The van der Waals surface area contributed by atoms with Gasteiger partial charge >= 0.3 is 6.18 Å². The van der Waals surface area contributed by atoms with Crippen molar-refractivity contribution in [1.29, 1.82) is 0 Å². The van der Waals surface area contributed by atoms with E-state index in [1.165, 1.54) is 6.07 Å². The fourth-order valence-corrected chi connectivity index (χ4v) is 3.59. The number of likely N-dealkylation sites (tertiary alicyclic amines) is 1. The van der Waals surface area contributed by atoms with E-state index >= 15 is 0 Å². The molecule has 1 aliphatic rings. The molecule has 0 spiro atoms. The molecule has 3 nitrogen and oxygen atoms in total. The molecule has 2 atom stereocenters. The Morgan fingerprint density at radius 1 is 1.22 bits per heavy atom. The smallest absolute Gasteiger partial charge is 0.379 e. The minimum absolute atomic E-state index is 0.0238. The van der Waals surface area contributed by atoms with E-state index in [9.17, 15) is 17.6 Å². The molecule has 148 valence electrons. The van der Waals surface area contributed by atoms with Crippen LogP contribution in [-0.4, -0.2) is 48.4 Å². The van der Waals surface area contributed by atoms with Crippen LogP contribution in [0.5, 0.6) is 0 Å². The number of nitrogens with one attached hydrogen (secondary N) is 1. The SMILES string of the molecule is CN1CCC(Nc2cccc3c(C(C)(C)C(F)(F)F)nc(Cl)cc23)C(F)C1. The van der Waals surface area contributed by atoms with Crippen molar-refractivity contribution < 1.29 is 17.6 Å². The summed E-state index contributed by atoms with van der Waals surface area (Å²) in [6, 6.07) is 6.09. The standard InChI is InChI=1S/C19H22ClF4N3/c1-18(2,19(22,23)24)17-11-5-4-6-14(12(11)9-16(20)26-17)25-15-7-8-27(3)10-13(15)21/h4-6,9,13,15,25H,7-8,10H2,1-3H3. The van der Waals surface area contributed by atoms with Gasteiger partial charge < -0.3 is 10.2 Å². The maximum Gasteiger partial charge on any atom is 0.399 e. The van der Waals surface area contributed by atoms with Crippen molar-refractivity contribution in [3.8, 4) is 0 Å². The number of hydrogen-bond donors (Lipinski definition) is 1. The van der Waals surface area contributed by atoms with Crippen molar-refractivity contribution in [2.24, 2.45) is 0 Å². The van der Waals surface area contributed by atoms with Crippen LogP contribution in [0.4, 0.5) is 23.2 Å². The number of rotatable bonds is 3. The van der Waals surface area contributed by atoms with E-state index in [4.69, 9.17) is 11.6 Å². The number of aromatic nitrogens is 1. The Bertz CT molecular complexity index is 838. The van der Waals surface area contributed by atoms with Gasteiger partial charge in [0.25, 0.3) is 0 Å². The van der Waals surface area contributed by atoms with E-state index in [1.54, 1.807) is 18.2 Å². The molecular formula is C19H22ClF4N3.